The first-order chi connectivity index (χ1) is 23.4. The van der Waals surface area contributed by atoms with E-state index in [2.05, 4.69) is 5.32 Å². The van der Waals surface area contributed by atoms with Gasteiger partial charge in [0, 0.05) is 42.0 Å². The predicted molar refractivity (Wildman–Crippen MR) is 174 cm³/mol. The fraction of sp³-hybridized carbons (Fsp3) is 0.556. The topological polar surface area (TPSA) is 111 Å². The lowest BCUT2D eigenvalue weighted by molar-refractivity contribution is -0.124. The minimum absolute atomic E-state index is 0.0294. The predicted octanol–water partition coefficient (Wildman–Crippen LogP) is 6.20. The zero-order valence-corrected chi connectivity index (χ0v) is 27.3. The number of nitrogens with one attached hydrogen (secondary N) is 1. The zero-order chi connectivity index (χ0) is 34.0. The molecule has 1 aromatic carbocycles. The third-order valence-electron chi connectivity index (χ3n) is 11.7. The van der Waals surface area contributed by atoms with E-state index >= 15 is 17.6 Å². The third-order valence-corrected chi connectivity index (χ3v) is 11.7. The van der Waals surface area contributed by atoms with Crippen molar-refractivity contribution in [3.8, 4) is 11.5 Å². The molecule has 5 aliphatic rings. The van der Waals surface area contributed by atoms with Gasteiger partial charge < -0.3 is 25.1 Å². The van der Waals surface area contributed by atoms with Crippen molar-refractivity contribution in [1.29, 1.82) is 0 Å². The lowest BCUT2D eigenvalue weighted by atomic mass is 9.94. The SMILES string of the molecule is C[C@H]1NC(=O)[C@@H]2C[C@@]2(F)CCCC(F)(F)Cn2c(-c3nc4cc(C(=O)N5C[C@H](N)[C@@H]6CC[C@H]5C6)cc(F)c4n3C3CC3)cc3ccc1nc32. The summed E-state index contributed by atoms with van der Waals surface area (Å²) in [6, 6.07) is 7.40. The van der Waals surface area contributed by atoms with Crippen molar-refractivity contribution >= 4 is 33.9 Å². The molecule has 9 nitrogen and oxygen atoms in total. The standard InChI is InChI=1S/C36H39F4N7O2/c1-18-27-8-4-20-14-29(46(31(20)43-27)17-36(39,40)10-2-9-35(38)15-24(35)33(48)42-18)32-44-28-13-21(12-25(37)30(28)47(32)22-6-7-22)34(49)45-16-26(41)19-3-5-23(45)11-19/h4,8,12-14,18-19,22-24,26H,2-3,5-7,9-11,15-17,41H2,1H3,(H,42,48)/t18-,19-,23+,24+,26+,35+/m1/s1. The maximum atomic E-state index is 16.2. The Morgan fingerprint density at radius 2 is 1.84 bits per heavy atom. The number of piperidine rings is 1. The summed E-state index contributed by atoms with van der Waals surface area (Å²) in [6.07, 6.45) is 3.52. The lowest BCUT2D eigenvalue weighted by Crippen LogP contribution is -2.51. The van der Waals surface area contributed by atoms with Gasteiger partial charge in [-0.3, -0.25) is 9.59 Å². The van der Waals surface area contributed by atoms with Gasteiger partial charge in [0.15, 0.2) is 5.82 Å². The minimum Gasteiger partial charge on any atom is -0.348 e. The van der Waals surface area contributed by atoms with E-state index in [9.17, 15) is 9.59 Å². The molecule has 258 valence electrons. The van der Waals surface area contributed by atoms with E-state index in [0.717, 1.165) is 32.1 Å². The Morgan fingerprint density at radius 1 is 1.04 bits per heavy atom. The molecule has 49 heavy (non-hydrogen) atoms. The summed E-state index contributed by atoms with van der Waals surface area (Å²) < 4.78 is 66.3. The number of amides is 2. The molecule has 2 aliphatic heterocycles. The fourth-order valence-corrected chi connectivity index (χ4v) is 8.73. The monoisotopic (exact) mass is 677 g/mol. The molecular formula is C36H39F4N7O2. The first-order valence-electron chi connectivity index (χ1n) is 17.5. The van der Waals surface area contributed by atoms with Gasteiger partial charge in [0.1, 0.15) is 22.6 Å². The number of pyridine rings is 1. The van der Waals surface area contributed by atoms with Gasteiger partial charge in [-0.2, -0.15) is 0 Å². The van der Waals surface area contributed by atoms with Crippen molar-refractivity contribution < 1.29 is 27.2 Å². The number of halogens is 4. The van der Waals surface area contributed by atoms with Gasteiger partial charge in [-0.1, -0.05) is 0 Å². The highest BCUT2D eigenvalue weighted by molar-refractivity contribution is 5.98. The van der Waals surface area contributed by atoms with Crippen LogP contribution < -0.4 is 11.1 Å². The van der Waals surface area contributed by atoms with Crippen LogP contribution in [0.2, 0.25) is 0 Å². The number of hydrogen-bond donors (Lipinski definition) is 2. The summed E-state index contributed by atoms with van der Waals surface area (Å²) in [4.78, 5) is 38.0. The van der Waals surface area contributed by atoms with Gasteiger partial charge in [0.2, 0.25) is 5.91 Å². The van der Waals surface area contributed by atoms with Gasteiger partial charge >= 0.3 is 0 Å². The Morgan fingerprint density at radius 3 is 2.63 bits per heavy atom. The number of nitrogens with two attached hydrogens (primary N) is 1. The average Bonchev–Trinajstić information content (AvgIpc) is 3.87. The molecule has 9 rings (SSSR count). The number of alkyl halides is 3. The third kappa shape index (κ3) is 5.13. The number of rotatable bonds is 3. The van der Waals surface area contributed by atoms with E-state index in [1.54, 1.807) is 40.7 Å². The number of aromatic nitrogens is 4. The molecule has 0 spiro atoms. The molecule has 4 fully saturated rings. The molecule has 5 heterocycles. The smallest absolute Gasteiger partial charge is 0.265 e. The summed E-state index contributed by atoms with van der Waals surface area (Å²) >= 11 is 0. The van der Waals surface area contributed by atoms with Crippen molar-refractivity contribution in [1.82, 2.24) is 29.3 Å². The van der Waals surface area contributed by atoms with Crippen LogP contribution in [0, 0.1) is 17.7 Å². The van der Waals surface area contributed by atoms with Crippen molar-refractivity contribution in [2.75, 3.05) is 6.54 Å². The Kier molecular flexibility index (Phi) is 6.80. The van der Waals surface area contributed by atoms with E-state index in [-0.39, 0.29) is 59.9 Å². The number of benzene rings is 1. The summed E-state index contributed by atoms with van der Waals surface area (Å²) in [5.74, 6) is -4.66. The van der Waals surface area contributed by atoms with Crippen LogP contribution in [0.5, 0.6) is 0 Å². The first kappa shape index (κ1) is 31.0. The molecule has 0 radical (unpaired) electrons. The van der Waals surface area contributed by atoms with E-state index in [1.165, 1.54) is 10.6 Å². The number of hydrogen-bond acceptors (Lipinski definition) is 5. The van der Waals surface area contributed by atoms with Crippen LogP contribution in [-0.2, 0) is 11.3 Å². The largest absolute Gasteiger partial charge is 0.348 e. The lowest BCUT2D eigenvalue weighted by Gasteiger charge is -2.37. The van der Waals surface area contributed by atoms with Gasteiger partial charge in [0.05, 0.1) is 35.4 Å². The normalized spacial score (nSPS) is 31.2. The summed E-state index contributed by atoms with van der Waals surface area (Å²) in [6.45, 7) is 1.43. The Labute approximate surface area is 280 Å². The zero-order valence-electron chi connectivity index (χ0n) is 27.3. The van der Waals surface area contributed by atoms with Gasteiger partial charge in [-0.05, 0) is 94.5 Å². The molecule has 4 aromatic rings. The van der Waals surface area contributed by atoms with Crippen LogP contribution in [0.3, 0.4) is 0 Å². The van der Waals surface area contributed by atoms with Crippen LogP contribution in [0.25, 0.3) is 33.6 Å². The number of carbonyl (C=O) groups is 2. The van der Waals surface area contributed by atoms with Crippen molar-refractivity contribution in [3.05, 3.63) is 47.4 Å². The van der Waals surface area contributed by atoms with E-state index in [0.29, 0.717) is 40.7 Å². The maximum Gasteiger partial charge on any atom is 0.265 e. The molecule has 0 unspecified atom stereocenters. The number of likely N-dealkylation sites (tertiary alicyclic amines) is 1. The molecule has 2 amide bonds. The van der Waals surface area contributed by atoms with E-state index in [1.807, 2.05) is 0 Å². The quantitative estimate of drug-likeness (QED) is 0.251. The van der Waals surface area contributed by atoms with Crippen LogP contribution in [0.1, 0.15) is 92.8 Å². The van der Waals surface area contributed by atoms with Gasteiger partial charge in [-0.15, -0.1) is 0 Å². The van der Waals surface area contributed by atoms with Gasteiger partial charge in [0.25, 0.3) is 11.8 Å². The Bertz CT molecular complexity index is 2040. The highest BCUT2D eigenvalue weighted by Gasteiger charge is 2.59. The molecular weight excluding hydrogens is 638 g/mol. The Balaban J connectivity index is 1.16. The van der Waals surface area contributed by atoms with E-state index < -0.39 is 48.2 Å². The maximum absolute atomic E-state index is 16.2. The number of nitrogens with zero attached hydrogens (tertiary/aromatic N) is 5. The second kappa shape index (κ2) is 10.7. The molecule has 6 atom stereocenters. The van der Waals surface area contributed by atoms with Crippen LogP contribution in [0.15, 0.2) is 30.3 Å². The second-order valence-electron chi connectivity index (χ2n) is 15.2. The molecule has 4 bridgehead atoms. The van der Waals surface area contributed by atoms with Crippen LogP contribution in [-0.4, -0.2) is 66.0 Å². The molecule has 3 saturated carbocycles. The molecule has 1 saturated heterocycles. The summed E-state index contributed by atoms with van der Waals surface area (Å²) in [5.41, 5.74) is 6.38. The minimum atomic E-state index is -3.23. The number of imidazole rings is 1. The average molecular weight is 678 g/mol. The number of fused-ring (bicyclic) bond motifs is 5. The molecule has 13 heteroatoms. The summed E-state index contributed by atoms with van der Waals surface area (Å²) in [7, 11) is 0. The fourth-order valence-electron chi connectivity index (χ4n) is 8.73. The van der Waals surface area contributed by atoms with Crippen molar-refractivity contribution in [3.63, 3.8) is 0 Å². The van der Waals surface area contributed by atoms with Crippen LogP contribution >= 0.6 is 0 Å². The van der Waals surface area contributed by atoms with Crippen molar-refractivity contribution in [2.24, 2.45) is 17.6 Å². The van der Waals surface area contributed by atoms with Crippen LogP contribution in [0.4, 0.5) is 17.6 Å². The Hall–Kier alpha value is -4.00. The molecule has 3 aromatic heterocycles. The highest BCUT2D eigenvalue weighted by Crippen LogP contribution is 2.52. The van der Waals surface area contributed by atoms with Gasteiger partial charge in [-0.25, -0.2) is 27.5 Å². The first-order valence-corrected chi connectivity index (χ1v) is 17.5. The van der Waals surface area contributed by atoms with Crippen molar-refractivity contribution in [2.45, 2.75) is 107 Å². The second-order valence-corrected chi connectivity index (χ2v) is 15.2. The molecule has 3 N–H and O–H groups in total. The number of carbonyl (C=O) groups excluding carboxylic acids is 2. The summed E-state index contributed by atoms with van der Waals surface area (Å²) in [5, 5.41) is 3.45. The van der Waals surface area contributed by atoms with E-state index in [4.69, 9.17) is 15.7 Å². The highest BCUT2D eigenvalue weighted by atomic mass is 19.3. The molecule has 3 aliphatic carbocycles.